The lowest BCUT2D eigenvalue weighted by molar-refractivity contribution is 0.168. The second-order valence-corrected chi connectivity index (χ2v) is 8.23. The van der Waals surface area contributed by atoms with Gasteiger partial charge in [0.15, 0.2) is 0 Å². The van der Waals surface area contributed by atoms with Crippen LogP contribution in [0.4, 0.5) is 0 Å². The van der Waals surface area contributed by atoms with Gasteiger partial charge in [0.2, 0.25) is 10.0 Å². The molecule has 3 rings (SSSR count). The SMILES string of the molecule is Cc1cccc(S(=O)(=O)NCC2CCN(Cc3ccco3)CC2)c1. The van der Waals surface area contributed by atoms with E-state index >= 15 is 0 Å². The standard InChI is InChI=1S/C18H24N2O3S/c1-15-4-2-6-18(12-15)24(21,22)19-13-16-7-9-20(10-8-16)14-17-5-3-11-23-17/h2-6,11-12,16,19H,7-10,13-14H2,1H3. The molecular weight excluding hydrogens is 324 g/mol. The van der Waals surface area contributed by atoms with Crippen LogP contribution in [0.25, 0.3) is 0 Å². The number of nitrogens with zero attached hydrogens (tertiary/aromatic N) is 1. The van der Waals surface area contributed by atoms with Crippen LogP contribution in [0.3, 0.4) is 0 Å². The van der Waals surface area contributed by atoms with Gasteiger partial charge in [0.05, 0.1) is 17.7 Å². The van der Waals surface area contributed by atoms with Crippen LogP contribution in [-0.4, -0.2) is 33.0 Å². The maximum atomic E-state index is 12.4. The van der Waals surface area contributed by atoms with Crippen LogP contribution in [0, 0.1) is 12.8 Å². The van der Waals surface area contributed by atoms with Crippen LogP contribution in [0.1, 0.15) is 24.2 Å². The van der Waals surface area contributed by atoms with Gasteiger partial charge in [0, 0.05) is 6.54 Å². The minimum Gasteiger partial charge on any atom is -0.468 e. The number of piperidine rings is 1. The molecule has 130 valence electrons. The molecule has 1 aromatic heterocycles. The Balaban J connectivity index is 1.48. The summed E-state index contributed by atoms with van der Waals surface area (Å²) in [5, 5.41) is 0. The molecule has 1 fully saturated rings. The molecule has 1 aromatic carbocycles. The third-order valence-electron chi connectivity index (χ3n) is 4.53. The van der Waals surface area contributed by atoms with Crippen molar-refractivity contribution in [2.24, 2.45) is 5.92 Å². The summed E-state index contributed by atoms with van der Waals surface area (Å²) >= 11 is 0. The molecule has 0 aliphatic carbocycles. The van der Waals surface area contributed by atoms with E-state index in [0.717, 1.165) is 43.8 Å². The first-order valence-electron chi connectivity index (χ1n) is 8.34. The third kappa shape index (κ3) is 4.47. The van der Waals surface area contributed by atoms with E-state index in [2.05, 4.69) is 9.62 Å². The summed E-state index contributed by atoms with van der Waals surface area (Å²) in [5.41, 5.74) is 0.948. The number of aryl methyl sites for hydroxylation is 1. The molecule has 2 heterocycles. The van der Waals surface area contributed by atoms with Crippen LogP contribution in [0.5, 0.6) is 0 Å². The minimum atomic E-state index is -3.42. The van der Waals surface area contributed by atoms with Gasteiger partial charge in [-0.15, -0.1) is 0 Å². The fourth-order valence-electron chi connectivity index (χ4n) is 3.07. The van der Waals surface area contributed by atoms with Crippen LogP contribution < -0.4 is 4.72 Å². The molecule has 2 aromatic rings. The fourth-order valence-corrected chi connectivity index (χ4v) is 4.29. The molecule has 0 radical (unpaired) electrons. The summed E-state index contributed by atoms with van der Waals surface area (Å²) in [6.07, 6.45) is 3.69. The van der Waals surface area contributed by atoms with Gasteiger partial charge in [0.25, 0.3) is 0 Å². The lowest BCUT2D eigenvalue weighted by Crippen LogP contribution is -2.38. The van der Waals surface area contributed by atoms with Gasteiger partial charge in [0.1, 0.15) is 5.76 Å². The monoisotopic (exact) mass is 348 g/mol. The highest BCUT2D eigenvalue weighted by Crippen LogP contribution is 2.19. The highest BCUT2D eigenvalue weighted by Gasteiger charge is 2.22. The second kappa shape index (κ2) is 7.51. The zero-order valence-corrected chi connectivity index (χ0v) is 14.8. The first kappa shape index (κ1) is 17.2. The fraction of sp³-hybridized carbons (Fsp3) is 0.444. The first-order valence-corrected chi connectivity index (χ1v) is 9.82. The lowest BCUT2D eigenvalue weighted by Gasteiger charge is -2.31. The lowest BCUT2D eigenvalue weighted by atomic mass is 9.97. The average Bonchev–Trinajstić information content (AvgIpc) is 3.07. The van der Waals surface area contributed by atoms with Crippen LogP contribution in [0.2, 0.25) is 0 Å². The summed E-state index contributed by atoms with van der Waals surface area (Å²) in [6.45, 7) is 5.17. The van der Waals surface area contributed by atoms with Crippen LogP contribution >= 0.6 is 0 Å². The van der Waals surface area contributed by atoms with Gasteiger partial charge in [-0.25, -0.2) is 13.1 Å². The Kier molecular flexibility index (Phi) is 5.38. The van der Waals surface area contributed by atoms with Gasteiger partial charge in [-0.05, 0) is 68.6 Å². The quantitative estimate of drug-likeness (QED) is 0.872. The number of likely N-dealkylation sites (tertiary alicyclic amines) is 1. The number of sulfonamides is 1. The molecule has 1 aliphatic rings. The molecule has 0 bridgehead atoms. The summed E-state index contributed by atoms with van der Waals surface area (Å²) in [7, 11) is -3.42. The van der Waals surface area contributed by atoms with E-state index in [1.807, 2.05) is 25.1 Å². The molecule has 0 spiro atoms. The number of hydrogen-bond donors (Lipinski definition) is 1. The number of hydrogen-bond acceptors (Lipinski definition) is 4. The predicted molar refractivity (Wildman–Crippen MR) is 93.1 cm³/mol. The number of rotatable bonds is 6. The molecule has 0 unspecified atom stereocenters. The van der Waals surface area contributed by atoms with Crippen molar-refractivity contribution in [1.82, 2.24) is 9.62 Å². The van der Waals surface area contributed by atoms with E-state index in [1.54, 1.807) is 24.5 Å². The second-order valence-electron chi connectivity index (χ2n) is 6.47. The van der Waals surface area contributed by atoms with Crippen molar-refractivity contribution in [3.05, 3.63) is 54.0 Å². The maximum Gasteiger partial charge on any atom is 0.240 e. The van der Waals surface area contributed by atoms with Crippen molar-refractivity contribution in [2.45, 2.75) is 31.2 Å². The number of nitrogens with one attached hydrogen (secondary N) is 1. The van der Waals surface area contributed by atoms with E-state index in [4.69, 9.17) is 4.42 Å². The Hall–Kier alpha value is -1.63. The molecule has 1 N–H and O–H groups in total. The van der Waals surface area contributed by atoms with E-state index in [1.165, 1.54) is 0 Å². The van der Waals surface area contributed by atoms with E-state index < -0.39 is 10.0 Å². The Labute approximate surface area is 143 Å². The predicted octanol–water partition coefficient (Wildman–Crippen LogP) is 2.78. The molecule has 0 atom stereocenters. The van der Waals surface area contributed by atoms with Crippen LogP contribution in [-0.2, 0) is 16.6 Å². The van der Waals surface area contributed by atoms with Crippen molar-refractivity contribution in [3.8, 4) is 0 Å². The van der Waals surface area contributed by atoms with Gasteiger partial charge in [-0.3, -0.25) is 4.90 Å². The summed E-state index contributed by atoms with van der Waals surface area (Å²) in [4.78, 5) is 2.70. The van der Waals surface area contributed by atoms with Crippen molar-refractivity contribution < 1.29 is 12.8 Å². The first-order chi connectivity index (χ1) is 11.5. The van der Waals surface area contributed by atoms with E-state index in [0.29, 0.717) is 17.4 Å². The zero-order chi connectivity index (χ0) is 17.0. The number of benzene rings is 1. The molecule has 0 saturated carbocycles. The largest absolute Gasteiger partial charge is 0.468 e. The molecule has 1 saturated heterocycles. The molecule has 0 amide bonds. The molecule has 24 heavy (non-hydrogen) atoms. The van der Waals surface area contributed by atoms with Crippen molar-refractivity contribution in [3.63, 3.8) is 0 Å². The summed E-state index contributed by atoms with van der Waals surface area (Å²) in [6, 6.07) is 10.9. The normalized spacial score (nSPS) is 17.2. The minimum absolute atomic E-state index is 0.345. The van der Waals surface area contributed by atoms with Gasteiger partial charge in [-0.2, -0.15) is 0 Å². The summed E-state index contributed by atoms with van der Waals surface area (Å²) in [5.74, 6) is 1.37. The van der Waals surface area contributed by atoms with Crippen molar-refractivity contribution in [1.29, 1.82) is 0 Å². The third-order valence-corrected chi connectivity index (χ3v) is 5.95. The van der Waals surface area contributed by atoms with Crippen LogP contribution in [0.15, 0.2) is 52.0 Å². The average molecular weight is 348 g/mol. The molecular formula is C18H24N2O3S. The maximum absolute atomic E-state index is 12.4. The highest BCUT2D eigenvalue weighted by atomic mass is 32.2. The van der Waals surface area contributed by atoms with Crippen molar-refractivity contribution in [2.75, 3.05) is 19.6 Å². The highest BCUT2D eigenvalue weighted by molar-refractivity contribution is 7.89. The number of furan rings is 1. The van der Waals surface area contributed by atoms with Gasteiger partial charge >= 0.3 is 0 Å². The zero-order valence-electron chi connectivity index (χ0n) is 13.9. The smallest absolute Gasteiger partial charge is 0.240 e. The molecule has 5 nitrogen and oxygen atoms in total. The Morgan fingerprint density at radius 2 is 2.00 bits per heavy atom. The van der Waals surface area contributed by atoms with Gasteiger partial charge in [-0.1, -0.05) is 12.1 Å². The Morgan fingerprint density at radius 3 is 2.67 bits per heavy atom. The van der Waals surface area contributed by atoms with E-state index in [-0.39, 0.29) is 0 Å². The Morgan fingerprint density at radius 1 is 1.21 bits per heavy atom. The topological polar surface area (TPSA) is 62.6 Å². The molecule has 6 heteroatoms. The molecule has 1 aliphatic heterocycles. The van der Waals surface area contributed by atoms with Crippen molar-refractivity contribution >= 4 is 10.0 Å². The Bertz CT molecular complexity index is 748. The van der Waals surface area contributed by atoms with E-state index in [9.17, 15) is 8.42 Å². The summed E-state index contributed by atoms with van der Waals surface area (Å²) < 4.78 is 32.9. The van der Waals surface area contributed by atoms with Gasteiger partial charge < -0.3 is 4.42 Å².